The molecule has 1 aromatic rings. The summed E-state index contributed by atoms with van der Waals surface area (Å²) in [5, 5.41) is 13.1. The number of rotatable bonds is 2. The summed E-state index contributed by atoms with van der Waals surface area (Å²) in [6.45, 7) is 1.82. The molecule has 1 aromatic carbocycles. The predicted octanol–water partition coefficient (Wildman–Crippen LogP) is 2.13. The van der Waals surface area contributed by atoms with E-state index >= 15 is 0 Å². The lowest BCUT2D eigenvalue weighted by Gasteiger charge is -2.36. The third-order valence-electron chi connectivity index (χ3n) is 5.48. The van der Waals surface area contributed by atoms with E-state index in [2.05, 4.69) is 22.6 Å². The molecule has 0 atom stereocenters. The van der Waals surface area contributed by atoms with E-state index in [0.29, 0.717) is 11.6 Å². The largest absolute Gasteiger partial charge is 0.490 e. The number of nitrogens with one attached hydrogen (secondary N) is 2. The molecule has 2 fully saturated rings. The van der Waals surface area contributed by atoms with Crippen LogP contribution in [0.5, 0.6) is 0 Å². The molecule has 0 bridgehead atoms. The SMILES string of the molecule is CN1CCC2(CC1)C(=O)Nc1ccc(C(=O)NC3CC3)cc12.O=C(O)C(F)(F)F. The number of carboxylic acids is 1. The minimum Gasteiger partial charge on any atom is -0.475 e. The number of amides is 2. The zero-order chi connectivity index (χ0) is 21.4. The maximum absolute atomic E-state index is 12.6. The maximum atomic E-state index is 12.6. The lowest BCUT2D eigenvalue weighted by Crippen LogP contribution is -2.45. The predicted molar refractivity (Wildman–Crippen MR) is 97.7 cm³/mol. The summed E-state index contributed by atoms with van der Waals surface area (Å²) in [6, 6.07) is 5.96. The van der Waals surface area contributed by atoms with Crippen molar-refractivity contribution >= 4 is 23.5 Å². The molecule has 2 heterocycles. The van der Waals surface area contributed by atoms with Crippen molar-refractivity contribution in [3.05, 3.63) is 29.3 Å². The molecule has 0 radical (unpaired) electrons. The lowest BCUT2D eigenvalue weighted by molar-refractivity contribution is -0.192. The van der Waals surface area contributed by atoms with Gasteiger partial charge in [0.2, 0.25) is 5.91 Å². The fourth-order valence-electron chi connectivity index (χ4n) is 3.55. The molecular formula is C19H22F3N3O4. The van der Waals surface area contributed by atoms with Gasteiger partial charge in [0.1, 0.15) is 0 Å². The van der Waals surface area contributed by atoms with Crippen molar-refractivity contribution in [2.75, 3.05) is 25.5 Å². The third kappa shape index (κ3) is 4.52. The summed E-state index contributed by atoms with van der Waals surface area (Å²) in [4.78, 5) is 36.0. The summed E-state index contributed by atoms with van der Waals surface area (Å²) in [5.74, 6) is -2.68. The average molecular weight is 413 g/mol. The summed E-state index contributed by atoms with van der Waals surface area (Å²) in [7, 11) is 2.08. The number of hydrogen-bond donors (Lipinski definition) is 3. The van der Waals surface area contributed by atoms with Crippen molar-refractivity contribution < 1.29 is 32.7 Å². The monoisotopic (exact) mass is 413 g/mol. The standard InChI is InChI=1S/C17H21N3O2.C2HF3O2/c1-20-8-6-17(7-9-20)13-10-11(15(21)18-12-3-4-12)2-5-14(13)19-16(17)22;3-2(4,5)1(6)7/h2,5,10,12H,3-4,6-9H2,1H3,(H,18,21)(H,19,22);(H,6,7). The van der Waals surface area contributed by atoms with Crippen molar-refractivity contribution in [2.45, 2.75) is 43.3 Å². The molecule has 1 spiro atoms. The van der Waals surface area contributed by atoms with Gasteiger partial charge in [0.25, 0.3) is 5.91 Å². The number of anilines is 1. The van der Waals surface area contributed by atoms with Crippen LogP contribution in [0.15, 0.2) is 18.2 Å². The number of carboxylic acid groups (broad SMARTS) is 1. The zero-order valence-corrected chi connectivity index (χ0v) is 15.8. The number of benzene rings is 1. The van der Waals surface area contributed by atoms with Crippen LogP contribution < -0.4 is 10.6 Å². The number of fused-ring (bicyclic) bond motifs is 2. The molecule has 0 aromatic heterocycles. The van der Waals surface area contributed by atoms with Crippen LogP contribution >= 0.6 is 0 Å². The van der Waals surface area contributed by atoms with Gasteiger partial charge in [-0.3, -0.25) is 9.59 Å². The van der Waals surface area contributed by atoms with E-state index in [0.717, 1.165) is 50.0 Å². The Morgan fingerprint density at radius 3 is 2.34 bits per heavy atom. The van der Waals surface area contributed by atoms with E-state index in [1.807, 2.05) is 18.2 Å². The number of likely N-dealkylation sites (tertiary alicyclic amines) is 1. The molecule has 1 saturated carbocycles. The molecule has 29 heavy (non-hydrogen) atoms. The Morgan fingerprint density at radius 2 is 1.83 bits per heavy atom. The highest BCUT2D eigenvalue weighted by Crippen LogP contribution is 2.45. The number of halogens is 3. The van der Waals surface area contributed by atoms with E-state index in [1.165, 1.54) is 0 Å². The summed E-state index contributed by atoms with van der Waals surface area (Å²) in [6.07, 6.45) is -1.30. The van der Waals surface area contributed by atoms with Gasteiger partial charge in [-0.05, 0) is 69.6 Å². The van der Waals surface area contributed by atoms with Crippen LogP contribution in [0.3, 0.4) is 0 Å². The van der Waals surface area contributed by atoms with Gasteiger partial charge < -0.3 is 20.6 Å². The van der Waals surface area contributed by atoms with Gasteiger partial charge in [-0.1, -0.05) is 0 Å². The molecule has 3 aliphatic rings. The summed E-state index contributed by atoms with van der Waals surface area (Å²) in [5.41, 5.74) is 2.10. The number of carbonyl (C=O) groups is 3. The number of hydrogen-bond acceptors (Lipinski definition) is 4. The molecule has 2 amide bonds. The number of alkyl halides is 3. The fourth-order valence-corrected chi connectivity index (χ4v) is 3.55. The quantitative estimate of drug-likeness (QED) is 0.690. The van der Waals surface area contributed by atoms with Crippen molar-refractivity contribution in [2.24, 2.45) is 0 Å². The van der Waals surface area contributed by atoms with Crippen LogP contribution in [0, 0.1) is 0 Å². The number of nitrogens with zero attached hydrogens (tertiary/aromatic N) is 1. The van der Waals surface area contributed by atoms with Crippen molar-refractivity contribution in [1.82, 2.24) is 10.2 Å². The minimum atomic E-state index is -5.08. The van der Waals surface area contributed by atoms with Gasteiger partial charge in [-0.2, -0.15) is 13.2 Å². The first-order valence-corrected chi connectivity index (χ1v) is 9.28. The van der Waals surface area contributed by atoms with E-state index in [9.17, 15) is 22.8 Å². The van der Waals surface area contributed by atoms with Gasteiger partial charge in [0.15, 0.2) is 0 Å². The van der Waals surface area contributed by atoms with Crippen molar-refractivity contribution in [1.29, 1.82) is 0 Å². The number of aliphatic carboxylic acids is 1. The van der Waals surface area contributed by atoms with Crippen molar-refractivity contribution in [3.63, 3.8) is 0 Å². The van der Waals surface area contributed by atoms with Gasteiger partial charge in [-0.15, -0.1) is 0 Å². The van der Waals surface area contributed by atoms with Crippen LogP contribution in [-0.4, -0.2) is 60.1 Å². The Balaban J connectivity index is 0.000000298. The lowest BCUT2D eigenvalue weighted by atomic mass is 9.73. The second-order valence-electron chi connectivity index (χ2n) is 7.65. The normalized spacial score (nSPS) is 20.3. The van der Waals surface area contributed by atoms with Crippen LogP contribution in [0.2, 0.25) is 0 Å². The van der Waals surface area contributed by atoms with Crippen LogP contribution in [0.1, 0.15) is 41.6 Å². The van der Waals surface area contributed by atoms with Gasteiger partial charge in [0, 0.05) is 17.3 Å². The van der Waals surface area contributed by atoms with E-state index in [-0.39, 0.29) is 11.8 Å². The first-order valence-electron chi connectivity index (χ1n) is 9.28. The second kappa shape index (κ2) is 7.66. The highest BCUT2D eigenvalue weighted by atomic mass is 19.4. The third-order valence-corrected chi connectivity index (χ3v) is 5.48. The Kier molecular flexibility index (Phi) is 5.57. The Morgan fingerprint density at radius 1 is 1.24 bits per heavy atom. The van der Waals surface area contributed by atoms with Crippen LogP contribution in [-0.2, 0) is 15.0 Å². The molecule has 158 valence electrons. The molecule has 2 aliphatic heterocycles. The topological polar surface area (TPSA) is 98.7 Å². The molecule has 1 aliphatic carbocycles. The molecule has 3 N–H and O–H groups in total. The smallest absolute Gasteiger partial charge is 0.475 e. The van der Waals surface area contributed by atoms with Gasteiger partial charge >= 0.3 is 12.1 Å². The number of piperidine rings is 1. The molecule has 10 heteroatoms. The Hall–Kier alpha value is -2.62. The van der Waals surface area contributed by atoms with E-state index in [1.54, 1.807) is 0 Å². The Labute approximate surface area is 165 Å². The average Bonchev–Trinajstić information content (AvgIpc) is 3.42. The molecule has 1 saturated heterocycles. The first kappa shape index (κ1) is 21.1. The van der Waals surface area contributed by atoms with E-state index < -0.39 is 17.6 Å². The molecule has 0 unspecified atom stereocenters. The molecule has 7 nitrogen and oxygen atoms in total. The van der Waals surface area contributed by atoms with Crippen LogP contribution in [0.25, 0.3) is 0 Å². The minimum absolute atomic E-state index is 0.0206. The summed E-state index contributed by atoms with van der Waals surface area (Å²) < 4.78 is 31.7. The summed E-state index contributed by atoms with van der Waals surface area (Å²) >= 11 is 0. The Bertz CT molecular complexity index is 828. The molecule has 4 rings (SSSR count). The zero-order valence-electron chi connectivity index (χ0n) is 15.8. The first-order chi connectivity index (χ1) is 13.5. The van der Waals surface area contributed by atoms with Crippen LogP contribution in [0.4, 0.5) is 18.9 Å². The number of carbonyl (C=O) groups excluding carboxylic acids is 2. The fraction of sp³-hybridized carbons (Fsp3) is 0.526. The molecular weight excluding hydrogens is 391 g/mol. The van der Waals surface area contributed by atoms with Crippen molar-refractivity contribution in [3.8, 4) is 0 Å². The highest BCUT2D eigenvalue weighted by molar-refractivity contribution is 6.07. The highest BCUT2D eigenvalue weighted by Gasteiger charge is 2.48. The maximum Gasteiger partial charge on any atom is 0.490 e. The second-order valence-corrected chi connectivity index (χ2v) is 7.65. The van der Waals surface area contributed by atoms with Gasteiger partial charge in [-0.25, -0.2) is 4.79 Å². The van der Waals surface area contributed by atoms with Gasteiger partial charge in [0.05, 0.1) is 5.41 Å². The van der Waals surface area contributed by atoms with E-state index in [4.69, 9.17) is 9.90 Å².